The summed E-state index contributed by atoms with van der Waals surface area (Å²) in [6, 6.07) is 6.25. The number of aliphatic hydroxyl groups is 1. The third-order valence-corrected chi connectivity index (χ3v) is 5.02. The number of amides is 2. The van der Waals surface area contributed by atoms with Crippen LogP contribution in [0.1, 0.15) is 25.0 Å². The van der Waals surface area contributed by atoms with Gasteiger partial charge in [-0.05, 0) is 43.5 Å². The van der Waals surface area contributed by atoms with E-state index < -0.39 is 6.10 Å². The minimum Gasteiger partial charge on any atom is -0.394 e. The van der Waals surface area contributed by atoms with E-state index in [0.29, 0.717) is 23.9 Å². The summed E-state index contributed by atoms with van der Waals surface area (Å²) in [5, 5.41) is 24.0. The second-order valence-electron chi connectivity index (χ2n) is 6.96. The molecule has 3 N–H and O–H groups in total. The van der Waals surface area contributed by atoms with Gasteiger partial charge < -0.3 is 25.2 Å². The summed E-state index contributed by atoms with van der Waals surface area (Å²) in [5.41, 5.74) is 1.42. The quantitative estimate of drug-likeness (QED) is 0.600. The van der Waals surface area contributed by atoms with Crippen molar-refractivity contribution in [2.75, 3.05) is 19.0 Å². The van der Waals surface area contributed by atoms with E-state index in [4.69, 9.17) is 21.1 Å². The SMILES string of the molecule is COCc1cn(CC[C@@H]2CC[C@H](NC(=O)Nc3ccc(Cl)cc3)[C@@H](CO)O2)nn1. The number of nitrogens with zero attached hydrogens (tertiary/aromatic N) is 3. The largest absolute Gasteiger partial charge is 0.394 e. The number of hydrogen-bond donors (Lipinski definition) is 3. The van der Waals surface area contributed by atoms with Crippen LogP contribution >= 0.6 is 11.6 Å². The van der Waals surface area contributed by atoms with Crippen molar-refractivity contribution in [3.63, 3.8) is 0 Å². The Bertz CT molecular complexity index is 785. The third kappa shape index (κ3) is 6.40. The molecule has 10 heteroatoms. The zero-order chi connectivity index (χ0) is 20.6. The molecule has 0 aliphatic carbocycles. The topological polar surface area (TPSA) is 111 Å². The number of aliphatic hydroxyl groups excluding tert-OH is 1. The van der Waals surface area contributed by atoms with Crippen molar-refractivity contribution in [3.8, 4) is 0 Å². The van der Waals surface area contributed by atoms with E-state index in [2.05, 4.69) is 20.9 Å². The Balaban J connectivity index is 1.45. The van der Waals surface area contributed by atoms with Crippen LogP contribution in [0.4, 0.5) is 10.5 Å². The molecule has 0 bridgehead atoms. The first kappa shape index (κ1) is 21.5. The van der Waals surface area contributed by atoms with Crippen molar-refractivity contribution in [3.05, 3.63) is 41.2 Å². The van der Waals surface area contributed by atoms with Gasteiger partial charge in [-0.1, -0.05) is 16.8 Å². The molecule has 1 fully saturated rings. The lowest BCUT2D eigenvalue weighted by Gasteiger charge is -2.36. The average molecular weight is 424 g/mol. The minimum absolute atomic E-state index is 0.0143. The fourth-order valence-electron chi connectivity index (χ4n) is 3.32. The highest BCUT2D eigenvalue weighted by molar-refractivity contribution is 6.30. The number of halogens is 1. The molecule has 2 heterocycles. The molecule has 3 atom stereocenters. The highest BCUT2D eigenvalue weighted by Crippen LogP contribution is 2.22. The van der Waals surface area contributed by atoms with Gasteiger partial charge in [0.2, 0.25) is 0 Å². The van der Waals surface area contributed by atoms with E-state index in [-0.39, 0.29) is 24.8 Å². The lowest BCUT2D eigenvalue weighted by molar-refractivity contribution is -0.0905. The molecule has 0 saturated carbocycles. The molecule has 9 nitrogen and oxygen atoms in total. The Morgan fingerprint density at radius 1 is 1.38 bits per heavy atom. The molecule has 2 amide bonds. The van der Waals surface area contributed by atoms with Gasteiger partial charge in [0.25, 0.3) is 0 Å². The van der Waals surface area contributed by atoms with Crippen molar-refractivity contribution in [1.82, 2.24) is 20.3 Å². The molecule has 0 unspecified atom stereocenters. The van der Waals surface area contributed by atoms with Crippen molar-refractivity contribution >= 4 is 23.3 Å². The summed E-state index contributed by atoms with van der Waals surface area (Å²) in [7, 11) is 1.62. The maximum absolute atomic E-state index is 12.3. The molecule has 0 spiro atoms. The van der Waals surface area contributed by atoms with Gasteiger partial charge in [-0.2, -0.15) is 0 Å². The van der Waals surface area contributed by atoms with Crippen LogP contribution in [0.25, 0.3) is 0 Å². The number of benzene rings is 1. The third-order valence-electron chi connectivity index (χ3n) is 4.77. The summed E-state index contributed by atoms with van der Waals surface area (Å²) in [5.74, 6) is 0. The maximum Gasteiger partial charge on any atom is 0.319 e. The lowest BCUT2D eigenvalue weighted by Crippen LogP contribution is -2.52. The van der Waals surface area contributed by atoms with Gasteiger partial charge in [0.15, 0.2) is 0 Å². The van der Waals surface area contributed by atoms with Crippen molar-refractivity contribution in [2.24, 2.45) is 0 Å². The normalized spacial score (nSPS) is 21.7. The number of hydrogen-bond acceptors (Lipinski definition) is 6. The van der Waals surface area contributed by atoms with Gasteiger partial charge in [-0.15, -0.1) is 5.10 Å². The predicted octanol–water partition coefficient (Wildman–Crippen LogP) is 2.20. The second kappa shape index (κ2) is 10.5. The molecule has 0 radical (unpaired) electrons. The predicted molar refractivity (Wildman–Crippen MR) is 108 cm³/mol. The number of carbonyl (C=O) groups excluding carboxylic acids is 1. The van der Waals surface area contributed by atoms with Gasteiger partial charge in [-0.3, -0.25) is 4.68 Å². The fourth-order valence-corrected chi connectivity index (χ4v) is 3.44. The van der Waals surface area contributed by atoms with Gasteiger partial charge >= 0.3 is 6.03 Å². The van der Waals surface area contributed by atoms with Crippen molar-refractivity contribution < 1.29 is 19.4 Å². The molecule has 1 aromatic heterocycles. The first-order chi connectivity index (χ1) is 14.1. The van der Waals surface area contributed by atoms with Crippen molar-refractivity contribution in [2.45, 2.75) is 50.7 Å². The number of ether oxygens (including phenoxy) is 2. The maximum atomic E-state index is 12.3. The van der Waals surface area contributed by atoms with Crippen LogP contribution in [0.5, 0.6) is 0 Å². The monoisotopic (exact) mass is 423 g/mol. The van der Waals surface area contributed by atoms with E-state index >= 15 is 0 Å². The highest BCUT2D eigenvalue weighted by Gasteiger charge is 2.31. The smallest absolute Gasteiger partial charge is 0.319 e. The number of carbonyl (C=O) groups is 1. The van der Waals surface area contributed by atoms with Gasteiger partial charge in [0.1, 0.15) is 11.8 Å². The number of aryl methyl sites for hydroxylation is 1. The first-order valence-electron chi connectivity index (χ1n) is 9.54. The lowest BCUT2D eigenvalue weighted by atomic mass is 9.97. The fraction of sp³-hybridized carbons (Fsp3) is 0.526. The van der Waals surface area contributed by atoms with Crippen LogP contribution < -0.4 is 10.6 Å². The zero-order valence-electron chi connectivity index (χ0n) is 16.3. The number of methoxy groups -OCH3 is 1. The van der Waals surface area contributed by atoms with Gasteiger partial charge in [0, 0.05) is 24.4 Å². The van der Waals surface area contributed by atoms with Crippen LogP contribution in [0.3, 0.4) is 0 Å². The Kier molecular flexibility index (Phi) is 7.82. The highest BCUT2D eigenvalue weighted by atomic mass is 35.5. The number of rotatable bonds is 8. The molecule has 1 aliphatic rings. The number of aromatic nitrogens is 3. The number of urea groups is 1. The summed E-state index contributed by atoms with van der Waals surface area (Å²) in [4.78, 5) is 12.3. The Morgan fingerprint density at radius 2 is 2.17 bits per heavy atom. The summed E-state index contributed by atoms with van der Waals surface area (Å²) in [6.45, 7) is 0.927. The Hall–Kier alpha value is -2.20. The second-order valence-corrected chi connectivity index (χ2v) is 7.40. The van der Waals surface area contributed by atoms with E-state index in [9.17, 15) is 9.90 Å². The zero-order valence-corrected chi connectivity index (χ0v) is 17.0. The van der Waals surface area contributed by atoms with Crippen LogP contribution in [-0.2, 0) is 22.6 Å². The first-order valence-corrected chi connectivity index (χ1v) is 9.92. The Labute approximate surface area is 174 Å². The van der Waals surface area contributed by atoms with Gasteiger partial charge in [-0.25, -0.2) is 4.79 Å². The van der Waals surface area contributed by atoms with E-state index in [1.165, 1.54) is 0 Å². The standard InChI is InChI=1S/C19H26ClN5O4/c1-28-12-15-10-25(24-23-15)9-8-16-6-7-17(18(11-26)29-16)22-19(27)21-14-4-2-13(20)3-5-14/h2-5,10,16-18,26H,6-9,11-12H2,1H3,(H2,21,22,27)/t16-,17-,18+/m0/s1. The van der Waals surface area contributed by atoms with E-state index in [1.54, 1.807) is 36.1 Å². The molecule has 3 rings (SSSR count). The summed E-state index contributed by atoms with van der Waals surface area (Å²) >= 11 is 5.85. The molecule has 2 aromatic rings. The number of anilines is 1. The van der Waals surface area contributed by atoms with Crippen LogP contribution in [0.2, 0.25) is 5.02 Å². The van der Waals surface area contributed by atoms with E-state index in [0.717, 1.165) is 25.0 Å². The molecule has 158 valence electrons. The van der Waals surface area contributed by atoms with Gasteiger partial charge in [0.05, 0.1) is 31.6 Å². The Morgan fingerprint density at radius 3 is 2.90 bits per heavy atom. The van der Waals surface area contributed by atoms with Crippen LogP contribution in [0.15, 0.2) is 30.5 Å². The number of nitrogens with one attached hydrogen (secondary N) is 2. The van der Waals surface area contributed by atoms with E-state index in [1.807, 2.05) is 6.20 Å². The molecule has 1 saturated heterocycles. The molecule has 29 heavy (non-hydrogen) atoms. The van der Waals surface area contributed by atoms with Crippen molar-refractivity contribution in [1.29, 1.82) is 0 Å². The molecule has 1 aromatic carbocycles. The van der Waals surface area contributed by atoms with Crippen LogP contribution in [-0.4, -0.2) is 58.1 Å². The summed E-state index contributed by atoms with van der Waals surface area (Å²) < 4.78 is 12.8. The summed E-state index contributed by atoms with van der Waals surface area (Å²) in [6.07, 6.45) is 3.62. The molecular formula is C19H26ClN5O4. The minimum atomic E-state index is -0.454. The molecule has 1 aliphatic heterocycles. The molecular weight excluding hydrogens is 398 g/mol. The average Bonchev–Trinajstić information content (AvgIpc) is 3.16. The van der Waals surface area contributed by atoms with Crippen LogP contribution in [0, 0.1) is 0 Å².